The van der Waals surface area contributed by atoms with Gasteiger partial charge < -0.3 is 10.6 Å². The summed E-state index contributed by atoms with van der Waals surface area (Å²) in [6.07, 6.45) is 1.62. The fraction of sp³-hybridized carbons (Fsp3) is 0.316. The number of anilines is 2. The Hall–Kier alpha value is -2.80. The minimum absolute atomic E-state index is 0.0203. The Kier molecular flexibility index (Phi) is 6.41. The van der Waals surface area contributed by atoms with Crippen molar-refractivity contribution >= 4 is 23.3 Å². The number of benzene rings is 1. The van der Waals surface area contributed by atoms with Crippen LogP contribution in [0.5, 0.6) is 0 Å². The zero-order chi connectivity index (χ0) is 19.3. The van der Waals surface area contributed by atoms with Gasteiger partial charge in [-0.05, 0) is 63.2 Å². The van der Waals surface area contributed by atoms with Crippen molar-refractivity contribution in [3.63, 3.8) is 0 Å². The van der Waals surface area contributed by atoms with E-state index in [0.29, 0.717) is 17.1 Å². The number of rotatable bonds is 6. The Labute approximate surface area is 152 Å². The summed E-state index contributed by atoms with van der Waals surface area (Å²) >= 11 is 0. The number of halogens is 1. The molecule has 0 saturated carbocycles. The summed E-state index contributed by atoms with van der Waals surface area (Å²) < 4.78 is 13.6. The van der Waals surface area contributed by atoms with Crippen LogP contribution in [0.4, 0.5) is 15.9 Å². The van der Waals surface area contributed by atoms with Crippen molar-refractivity contribution in [2.45, 2.75) is 26.8 Å². The van der Waals surface area contributed by atoms with E-state index in [1.165, 1.54) is 6.07 Å². The first kappa shape index (κ1) is 19.5. The number of aromatic nitrogens is 1. The summed E-state index contributed by atoms with van der Waals surface area (Å²) in [5.74, 6) is -0.506. The number of aryl methyl sites for hydroxylation is 2. The average molecular weight is 358 g/mol. The van der Waals surface area contributed by atoms with Gasteiger partial charge in [0.05, 0.1) is 12.6 Å². The lowest BCUT2D eigenvalue weighted by Gasteiger charge is -2.23. The van der Waals surface area contributed by atoms with E-state index in [1.807, 2.05) is 13.0 Å². The highest BCUT2D eigenvalue weighted by atomic mass is 19.1. The van der Waals surface area contributed by atoms with E-state index in [1.54, 1.807) is 50.2 Å². The lowest BCUT2D eigenvalue weighted by molar-refractivity contribution is -0.122. The second kappa shape index (κ2) is 8.53. The molecule has 1 unspecified atom stereocenters. The van der Waals surface area contributed by atoms with E-state index in [0.717, 1.165) is 5.56 Å². The predicted molar refractivity (Wildman–Crippen MR) is 99.5 cm³/mol. The summed E-state index contributed by atoms with van der Waals surface area (Å²) in [6, 6.07) is 7.54. The maximum atomic E-state index is 13.6. The maximum absolute atomic E-state index is 13.6. The third-order valence-electron chi connectivity index (χ3n) is 4.06. The van der Waals surface area contributed by atoms with E-state index in [4.69, 9.17) is 0 Å². The van der Waals surface area contributed by atoms with Crippen molar-refractivity contribution < 1.29 is 14.0 Å². The minimum atomic E-state index is -0.574. The smallest absolute Gasteiger partial charge is 0.241 e. The highest BCUT2D eigenvalue weighted by Crippen LogP contribution is 2.14. The van der Waals surface area contributed by atoms with Gasteiger partial charge in [-0.2, -0.15) is 0 Å². The van der Waals surface area contributed by atoms with Crippen molar-refractivity contribution in [3.05, 3.63) is 53.5 Å². The molecule has 0 radical (unpaired) electrons. The fourth-order valence-corrected chi connectivity index (χ4v) is 2.27. The number of nitrogens with zero attached hydrogens (tertiary/aromatic N) is 2. The Morgan fingerprint density at radius 1 is 1.19 bits per heavy atom. The Morgan fingerprint density at radius 2 is 1.92 bits per heavy atom. The van der Waals surface area contributed by atoms with Crippen LogP contribution in [-0.4, -0.2) is 41.3 Å². The average Bonchev–Trinajstić information content (AvgIpc) is 2.57. The molecule has 2 N–H and O–H groups in total. The van der Waals surface area contributed by atoms with Crippen molar-refractivity contribution in [2.75, 3.05) is 24.2 Å². The third kappa shape index (κ3) is 5.35. The summed E-state index contributed by atoms with van der Waals surface area (Å²) in [7, 11) is 1.67. The third-order valence-corrected chi connectivity index (χ3v) is 4.06. The number of likely N-dealkylation sites (N-methyl/N-ethyl adjacent to an activating group) is 1. The standard InChI is InChI=1S/C19H23FN4O2/c1-12-7-8-21-17(9-12)23-18(25)11-24(4)14(3)19(26)22-15-6-5-13(2)16(20)10-15/h5-10,14H,11H2,1-4H3,(H,22,26)(H,21,23,25). The minimum Gasteiger partial charge on any atom is -0.325 e. The highest BCUT2D eigenvalue weighted by molar-refractivity contribution is 5.96. The second-order valence-electron chi connectivity index (χ2n) is 6.31. The monoisotopic (exact) mass is 358 g/mol. The van der Waals surface area contributed by atoms with Crippen LogP contribution in [0.2, 0.25) is 0 Å². The van der Waals surface area contributed by atoms with Crippen molar-refractivity contribution in [1.29, 1.82) is 0 Å². The second-order valence-corrected chi connectivity index (χ2v) is 6.31. The Balaban J connectivity index is 1.90. The molecule has 6 nitrogen and oxygen atoms in total. The molecule has 1 heterocycles. The fourth-order valence-electron chi connectivity index (χ4n) is 2.27. The molecule has 2 rings (SSSR count). The van der Waals surface area contributed by atoms with Gasteiger partial charge in [-0.25, -0.2) is 9.37 Å². The van der Waals surface area contributed by atoms with Crippen molar-refractivity contribution in [1.82, 2.24) is 9.88 Å². The van der Waals surface area contributed by atoms with Crippen LogP contribution in [-0.2, 0) is 9.59 Å². The van der Waals surface area contributed by atoms with Gasteiger partial charge in [-0.3, -0.25) is 14.5 Å². The van der Waals surface area contributed by atoms with Crippen LogP contribution in [0.25, 0.3) is 0 Å². The van der Waals surface area contributed by atoms with Gasteiger partial charge in [-0.15, -0.1) is 0 Å². The van der Waals surface area contributed by atoms with Crippen LogP contribution in [0, 0.1) is 19.7 Å². The molecular weight excluding hydrogens is 335 g/mol. The van der Waals surface area contributed by atoms with Crippen LogP contribution < -0.4 is 10.6 Å². The number of pyridine rings is 1. The topological polar surface area (TPSA) is 74.3 Å². The largest absolute Gasteiger partial charge is 0.325 e. The molecule has 1 atom stereocenters. The molecule has 1 aromatic carbocycles. The van der Waals surface area contributed by atoms with Gasteiger partial charge in [0, 0.05) is 11.9 Å². The molecule has 0 bridgehead atoms. The van der Waals surface area contributed by atoms with Crippen molar-refractivity contribution in [2.24, 2.45) is 0 Å². The number of amides is 2. The van der Waals surface area contributed by atoms with Gasteiger partial charge in [0.25, 0.3) is 0 Å². The van der Waals surface area contributed by atoms with Gasteiger partial charge >= 0.3 is 0 Å². The van der Waals surface area contributed by atoms with Gasteiger partial charge in [-0.1, -0.05) is 6.07 Å². The first-order chi connectivity index (χ1) is 12.3. The molecule has 0 aliphatic rings. The summed E-state index contributed by atoms with van der Waals surface area (Å²) in [6.45, 7) is 5.26. The predicted octanol–water partition coefficient (Wildman–Crippen LogP) is 2.74. The van der Waals surface area contributed by atoms with Gasteiger partial charge in [0.1, 0.15) is 11.6 Å². The van der Waals surface area contributed by atoms with Crippen LogP contribution in [0.1, 0.15) is 18.1 Å². The number of hydrogen-bond acceptors (Lipinski definition) is 4. The summed E-state index contributed by atoms with van der Waals surface area (Å²) in [4.78, 5) is 30.1. The molecule has 7 heteroatoms. The number of hydrogen-bond donors (Lipinski definition) is 2. The number of carbonyl (C=O) groups excluding carboxylic acids is 2. The zero-order valence-electron chi connectivity index (χ0n) is 15.3. The normalized spacial score (nSPS) is 11.9. The SMILES string of the molecule is Cc1ccnc(NC(=O)CN(C)C(C)C(=O)Nc2ccc(C)c(F)c2)c1. The Morgan fingerprint density at radius 3 is 2.58 bits per heavy atom. The number of carbonyl (C=O) groups is 2. The van der Waals surface area contributed by atoms with Gasteiger partial charge in [0.2, 0.25) is 11.8 Å². The van der Waals surface area contributed by atoms with Crippen LogP contribution in [0.3, 0.4) is 0 Å². The molecule has 0 spiro atoms. The van der Waals surface area contributed by atoms with E-state index < -0.39 is 6.04 Å². The molecule has 1 aromatic heterocycles. The van der Waals surface area contributed by atoms with E-state index >= 15 is 0 Å². The molecule has 0 fully saturated rings. The molecule has 2 aromatic rings. The molecule has 0 aliphatic carbocycles. The summed E-state index contributed by atoms with van der Waals surface area (Å²) in [5.41, 5.74) is 1.88. The highest BCUT2D eigenvalue weighted by Gasteiger charge is 2.20. The van der Waals surface area contributed by atoms with E-state index in [9.17, 15) is 14.0 Å². The quantitative estimate of drug-likeness (QED) is 0.833. The van der Waals surface area contributed by atoms with Crippen LogP contribution >= 0.6 is 0 Å². The molecular formula is C19H23FN4O2. The van der Waals surface area contributed by atoms with Gasteiger partial charge in [0.15, 0.2) is 0 Å². The molecule has 2 amide bonds. The first-order valence-corrected chi connectivity index (χ1v) is 8.26. The first-order valence-electron chi connectivity index (χ1n) is 8.26. The van der Waals surface area contributed by atoms with E-state index in [-0.39, 0.29) is 24.2 Å². The number of nitrogens with one attached hydrogen (secondary N) is 2. The van der Waals surface area contributed by atoms with Crippen molar-refractivity contribution in [3.8, 4) is 0 Å². The van der Waals surface area contributed by atoms with Crippen LogP contribution in [0.15, 0.2) is 36.5 Å². The lowest BCUT2D eigenvalue weighted by atomic mass is 10.2. The zero-order valence-corrected chi connectivity index (χ0v) is 15.3. The lowest BCUT2D eigenvalue weighted by Crippen LogP contribution is -2.43. The molecule has 0 aliphatic heterocycles. The Bertz CT molecular complexity index is 810. The molecule has 0 saturated heterocycles. The van der Waals surface area contributed by atoms with E-state index in [2.05, 4.69) is 15.6 Å². The summed E-state index contributed by atoms with van der Waals surface area (Å²) in [5, 5.41) is 5.35. The molecule has 138 valence electrons. The maximum Gasteiger partial charge on any atom is 0.241 e. The molecule has 26 heavy (non-hydrogen) atoms.